The lowest BCUT2D eigenvalue weighted by atomic mass is 9.92. The van der Waals surface area contributed by atoms with Crippen molar-refractivity contribution in [3.8, 4) is 0 Å². The molecule has 28 heavy (non-hydrogen) atoms. The first-order valence-corrected chi connectivity index (χ1v) is 9.72. The van der Waals surface area contributed by atoms with Crippen LogP contribution in [0.4, 0.5) is 0 Å². The van der Waals surface area contributed by atoms with Crippen molar-refractivity contribution >= 4 is 16.8 Å². The van der Waals surface area contributed by atoms with Crippen molar-refractivity contribution in [2.75, 3.05) is 6.54 Å². The molecule has 5 rings (SSSR count). The van der Waals surface area contributed by atoms with Gasteiger partial charge in [-0.25, -0.2) is 0 Å². The highest BCUT2D eigenvalue weighted by molar-refractivity contribution is 5.86. The molecule has 4 aromatic rings. The minimum Gasteiger partial charge on any atom is -0.356 e. The monoisotopic (exact) mass is 370 g/mol. The Balaban J connectivity index is 1.53. The Kier molecular flexibility index (Phi) is 4.20. The van der Waals surface area contributed by atoms with E-state index < -0.39 is 0 Å². The van der Waals surface area contributed by atoms with E-state index in [0.717, 1.165) is 29.7 Å². The second kappa shape index (κ2) is 7.00. The first-order valence-electron chi connectivity index (χ1n) is 9.72. The van der Waals surface area contributed by atoms with Crippen molar-refractivity contribution in [2.45, 2.75) is 25.4 Å². The van der Waals surface area contributed by atoms with Gasteiger partial charge >= 0.3 is 0 Å². The molecule has 1 aliphatic heterocycles. The zero-order chi connectivity index (χ0) is 18.9. The van der Waals surface area contributed by atoms with Crippen LogP contribution in [0.15, 0.2) is 73.1 Å². The van der Waals surface area contributed by atoms with Gasteiger partial charge in [0.15, 0.2) is 0 Å². The molecule has 0 radical (unpaired) electrons. The summed E-state index contributed by atoms with van der Waals surface area (Å²) in [4.78, 5) is 18.8. The van der Waals surface area contributed by atoms with Gasteiger partial charge in [-0.1, -0.05) is 48.5 Å². The molecule has 2 aromatic carbocycles. The molecule has 1 atom stereocenters. The van der Waals surface area contributed by atoms with Crippen molar-refractivity contribution in [2.24, 2.45) is 0 Å². The summed E-state index contributed by atoms with van der Waals surface area (Å²) < 4.78 is 1.81. The van der Waals surface area contributed by atoms with E-state index in [-0.39, 0.29) is 11.9 Å². The molecular formula is C23H22N4O. The van der Waals surface area contributed by atoms with Crippen LogP contribution >= 0.6 is 0 Å². The quantitative estimate of drug-likeness (QED) is 0.592. The predicted molar refractivity (Wildman–Crippen MR) is 109 cm³/mol. The molecule has 0 spiro atoms. The van der Waals surface area contributed by atoms with Crippen LogP contribution in [0.3, 0.4) is 0 Å². The molecule has 5 nitrogen and oxygen atoms in total. The molecule has 1 N–H and O–H groups in total. The number of hydrogen-bond donors (Lipinski definition) is 1. The molecule has 0 fully saturated rings. The first-order chi connectivity index (χ1) is 13.8. The van der Waals surface area contributed by atoms with E-state index in [0.29, 0.717) is 13.0 Å². The van der Waals surface area contributed by atoms with Crippen LogP contribution in [0.25, 0.3) is 10.9 Å². The molecule has 3 heterocycles. The van der Waals surface area contributed by atoms with E-state index in [9.17, 15) is 4.79 Å². The van der Waals surface area contributed by atoms with E-state index in [1.54, 1.807) is 6.20 Å². The summed E-state index contributed by atoms with van der Waals surface area (Å²) >= 11 is 0. The Bertz CT molecular complexity index is 1100. The molecule has 140 valence electrons. The fraction of sp³-hybridized carbons (Fsp3) is 0.217. The Morgan fingerprint density at radius 1 is 1.07 bits per heavy atom. The number of H-pyrrole nitrogens is 1. The van der Waals surface area contributed by atoms with E-state index in [4.69, 9.17) is 0 Å². The van der Waals surface area contributed by atoms with Gasteiger partial charge in [0.1, 0.15) is 0 Å². The summed E-state index contributed by atoms with van der Waals surface area (Å²) in [6.07, 6.45) is 4.96. The SMILES string of the molecule is O=C(CCn1cccn1)N1CCc2c([nH]c3ccccc23)C1c1ccccc1. The van der Waals surface area contributed by atoms with Gasteiger partial charge in [0.2, 0.25) is 5.91 Å². The maximum absolute atomic E-state index is 13.2. The number of fused-ring (bicyclic) bond motifs is 3. The number of carbonyl (C=O) groups is 1. The van der Waals surface area contributed by atoms with Crippen molar-refractivity contribution < 1.29 is 4.79 Å². The largest absolute Gasteiger partial charge is 0.356 e. The zero-order valence-corrected chi connectivity index (χ0v) is 15.6. The second-order valence-electron chi connectivity index (χ2n) is 7.23. The number of nitrogens with zero attached hydrogens (tertiary/aromatic N) is 3. The average molecular weight is 370 g/mol. The standard InChI is InChI=1S/C23H22N4O/c28-21(12-15-26-14-6-13-24-26)27-16-11-19-18-9-4-5-10-20(18)25-22(19)23(27)17-7-2-1-3-8-17/h1-10,13-14,23,25H,11-12,15-16H2. The highest BCUT2D eigenvalue weighted by Crippen LogP contribution is 2.38. The van der Waals surface area contributed by atoms with Crippen molar-refractivity contribution in [1.82, 2.24) is 19.7 Å². The third-order valence-corrected chi connectivity index (χ3v) is 5.58. The van der Waals surface area contributed by atoms with Crippen LogP contribution in [0.2, 0.25) is 0 Å². The number of para-hydroxylation sites is 1. The minimum absolute atomic E-state index is 0.0810. The smallest absolute Gasteiger partial charge is 0.225 e. The van der Waals surface area contributed by atoms with Crippen LogP contribution < -0.4 is 0 Å². The Morgan fingerprint density at radius 2 is 1.89 bits per heavy atom. The summed E-state index contributed by atoms with van der Waals surface area (Å²) in [5.74, 6) is 0.161. The highest BCUT2D eigenvalue weighted by Gasteiger charge is 2.34. The van der Waals surface area contributed by atoms with Crippen molar-refractivity contribution in [3.05, 3.63) is 89.9 Å². The van der Waals surface area contributed by atoms with Gasteiger partial charge in [0, 0.05) is 48.5 Å². The molecule has 0 aliphatic carbocycles. The number of amides is 1. The van der Waals surface area contributed by atoms with Gasteiger partial charge in [-0.2, -0.15) is 5.10 Å². The number of aromatic nitrogens is 3. The van der Waals surface area contributed by atoms with E-state index in [2.05, 4.69) is 46.5 Å². The Hall–Kier alpha value is -3.34. The molecule has 0 saturated heterocycles. The molecule has 1 aliphatic rings. The van der Waals surface area contributed by atoms with E-state index in [1.165, 1.54) is 10.9 Å². The number of hydrogen-bond acceptors (Lipinski definition) is 2. The van der Waals surface area contributed by atoms with Crippen LogP contribution in [-0.2, 0) is 17.8 Å². The van der Waals surface area contributed by atoms with Gasteiger partial charge < -0.3 is 9.88 Å². The Labute approximate surface area is 163 Å². The number of aryl methyl sites for hydroxylation is 1. The van der Waals surface area contributed by atoms with Gasteiger partial charge in [-0.05, 0) is 29.7 Å². The lowest BCUT2D eigenvalue weighted by Gasteiger charge is -2.36. The van der Waals surface area contributed by atoms with Gasteiger partial charge in [0.05, 0.1) is 6.04 Å². The number of aromatic amines is 1. The molecular weight excluding hydrogens is 348 g/mol. The third kappa shape index (κ3) is 2.89. The normalized spacial score (nSPS) is 16.3. The van der Waals surface area contributed by atoms with E-state index in [1.807, 2.05) is 40.0 Å². The van der Waals surface area contributed by atoms with Gasteiger partial charge in [0.25, 0.3) is 0 Å². The third-order valence-electron chi connectivity index (χ3n) is 5.58. The summed E-state index contributed by atoms with van der Waals surface area (Å²) in [6.45, 7) is 1.33. The lowest BCUT2D eigenvalue weighted by molar-refractivity contribution is -0.133. The molecule has 2 aromatic heterocycles. The van der Waals surface area contributed by atoms with Crippen LogP contribution in [0.5, 0.6) is 0 Å². The maximum Gasteiger partial charge on any atom is 0.225 e. The fourth-order valence-electron chi connectivity index (χ4n) is 4.28. The topological polar surface area (TPSA) is 53.9 Å². The fourth-order valence-corrected chi connectivity index (χ4v) is 4.28. The van der Waals surface area contributed by atoms with Crippen molar-refractivity contribution in [3.63, 3.8) is 0 Å². The first kappa shape index (κ1) is 16.8. The summed E-state index contributed by atoms with van der Waals surface area (Å²) in [6, 6.07) is 20.5. The van der Waals surface area contributed by atoms with Gasteiger partial charge in [-0.15, -0.1) is 0 Å². The minimum atomic E-state index is -0.0810. The average Bonchev–Trinajstić information content (AvgIpc) is 3.39. The van der Waals surface area contributed by atoms with Crippen molar-refractivity contribution in [1.29, 1.82) is 0 Å². The van der Waals surface area contributed by atoms with Crippen LogP contribution in [0.1, 0.15) is 29.3 Å². The van der Waals surface area contributed by atoms with Crippen LogP contribution in [0, 0.1) is 0 Å². The number of benzene rings is 2. The number of carbonyl (C=O) groups excluding carboxylic acids is 1. The Morgan fingerprint density at radius 3 is 2.71 bits per heavy atom. The van der Waals surface area contributed by atoms with Gasteiger partial charge in [-0.3, -0.25) is 9.48 Å². The lowest BCUT2D eigenvalue weighted by Crippen LogP contribution is -2.41. The zero-order valence-electron chi connectivity index (χ0n) is 15.6. The number of rotatable bonds is 4. The summed E-state index contributed by atoms with van der Waals surface area (Å²) in [5.41, 5.74) is 4.76. The predicted octanol–water partition coefficient (Wildman–Crippen LogP) is 3.93. The molecule has 5 heteroatoms. The molecule has 1 unspecified atom stereocenters. The molecule has 0 bridgehead atoms. The summed E-state index contributed by atoms with van der Waals surface area (Å²) in [7, 11) is 0. The summed E-state index contributed by atoms with van der Waals surface area (Å²) in [5, 5.41) is 5.48. The maximum atomic E-state index is 13.2. The number of nitrogens with one attached hydrogen (secondary N) is 1. The molecule has 1 amide bonds. The van der Waals surface area contributed by atoms with Crippen LogP contribution in [-0.4, -0.2) is 32.1 Å². The molecule has 0 saturated carbocycles. The van der Waals surface area contributed by atoms with E-state index >= 15 is 0 Å². The second-order valence-corrected chi connectivity index (χ2v) is 7.23. The highest BCUT2D eigenvalue weighted by atomic mass is 16.2.